The number of nitrogens with zero attached hydrogens (tertiary/aromatic N) is 3. The van der Waals surface area contributed by atoms with Gasteiger partial charge < -0.3 is 5.73 Å². The average Bonchev–Trinajstić information content (AvgIpc) is 2.68. The molecule has 0 radical (unpaired) electrons. The first-order chi connectivity index (χ1) is 12.7. The molecule has 4 rings (SSSR count). The number of halogens is 1. The third kappa shape index (κ3) is 2.65. The fourth-order valence-corrected chi connectivity index (χ4v) is 3.22. The number of rotatable bonds is 2. The molecule has 0 aliphatic carbocycles. The van der Waals surface area contributed by atoms with Gasteiger partial charge in [0.05, 0.1) is 16.6 Å². The Balaban J connectivity index is 2.16. The highest BCUT2D eigenvalue weighted by Gasteiger charge is 2.18. The molecule has 0 bridgehead atoms. The lowest BCUT2D eigenvalue weighted by atomic mass is 9.97. The zero-order chi connectivity index (χ0) is 18.1. The lowest BCUT2D eigenvalue weighted by Crippen LogP contribution is -2.00. The van der Waals surface area contributed by atoms with Crippen LogP contribution in [-0.4, -0.2) is 9.97 Å². The number of anilines is 1. The summed E-state index contributed by atoms with van der Waals surface area (Å²) in [6, 6.07) is 23.7. The number of pyridine rings is 2. The maximum absolute atomic E-state index is 9.57. The lowest BCUT2D eigenvalue weighted by Gasteiger charge is -2.13. The molecule has 124 valence electrons. The van der Waals surface area contributed by atoms with Crippen molar-refractivity contribution in [1.82, 2.24) is 9.97 Å². The molecule has 4 aromatic rings. The molecule has 26 heavy (non-hydrogen) atoms. The minimum absolute atomic E-state index is 0.0641. The van der Waals surface area contributed by atoms with Crippen molar-refractivity contribution in [2.45, 2.75) is 0 Å². The van der Waals surface area contributed by atoms with Crippen molar-refractivity contribution < 1.29 is 0 Å². The summed E-state index contributed by atoms with van der Waals surface area (Å²) in [7, 11) is 0. The number of aromatic nitrogens is 2. The Kier molecular flexibility index (Phi) is 4.00. The van der Waals surface area contributed by atoms with Gasteiger partial charge in [-0.3, -0.25) is 0 Å². The van der Waals surface area contributed by atoms with Gasteiger partial charge in [-0.05, 0) is 17.2 Å². The van der Waals surface area contributed by atoms with Gasteiger partial charge in [0.15, 0.2) is 5.15 Å². The second-order valence-electron chi connectivity index (χ2n) is 5.79. The first-order valence-electron chi connectivity index (χ1n) is 7.99. The lowest BCUT2D eigenvalue weighted by molar-refractivity contribution is 1.30. The van der Waals surface area contributed by atoms with Crippen molar-refractivity contribution in [2.75, 3.05) is 5.73 Å². The SMILES string of the molecule is N#Cc1c(Cl)nc(N)c2c(-c3ccccc3)cc(-c3ccccc3)nc12. The van der Waals surface area contributed by atoms with E-state index in [1.54, 1.807) is 0 Å². The van der Waals surface area contributed by atoms with Gasteiger partial charge in [-0.2, -0.15) is 5.26 Å². The summed E-state index contributed by atoms with van der Waals surface area (Å²) in [6.07, 6.45) is 0. The summed E-state index contributed by atoms with van der Waals surface area (Å²) in [5, 5.41) is 10.3. The van der Waals surface area contributed by atoms with E-state index >= 15 is 0 Å². The smallest absolute Gasteiger partial charge is 0.151 e. The van der Waals surface area contributed by atoms with Gasteiger partial charge in [0.25, 0.3) is 0 Å². The molecule has 0 aliphatic rings. The van der Waals surface area contributed by atoms with Crippen molar-refractivity contribution in [2.24, 2.45) is 0 Å². The Morgan fingerprint density at radius 3 is 2.12 bits per heavy atom. The summed E-state index contributed by atoms with van der Waals surface area (Å²) in [4.78, 5) is 8.84. The van der Waals surface area contributed by atoms with Gasteiger partial charge in [0.1, 0.15) is 17.5 Å². The van der Waals surface area contributed by atoms with Gasteiger partial charge in [0.2, 0.25) is 0 Å². The number of hydrogen-bond donors (Lipinski definition) is 1. The molecular formula is C21H13ClN4. The van der Waals surface area contributed by atoms with Crippen LogP contribution in [0.15, 0.2) is 66.7 Å². The van der Waals surface area contributed by atoms with Crippen LogP contribution in [0.4, 0.5) is 5.82 Å². The molecule has 4 nitrogen and oxygen atoms in total. The number of hydrogen-bond acceptors (Lipinski definition) is 4. The fourth-order valence-electron chi connectivity index (χ4n) is 3.00. The first kappa shape index (κ1) is 16.1. The van der Waals surface area contributed by atoms with Crippen LogP contribution < -0.4 is 5.73 Å². The van der Waals surface area contributed by atoms with E-state index in [1.807, 2.05) is 66.7 Å². The maximum atomic E-state index is 9.57. The Labute approximate surface area is 155 Å². The Bertz CT molecular complexity index is 1150. The first-order valence-corrected chi connectivity index (χ1v) is 8.37. The second-order valence-corrected chi connectivity index (χ2v) is 6.14. The number of nitrogens with two attached hydrogens (primary N) is 1. The van der Waals surface area contributed by atoms with E-state index in [1.165, 1.54) is 0 Å². The Morgan fingerprint density at radius 1 is 0.885 bits per heavy atom. The Hall–Kier alpha value is -3.42. The van der Waals surface area contributed by atoms with Gasteiger partial charge in [-0.1, -0.05) is 72.3 Å². The topological polar surface area (TPSA) is 75.6 Å². The third-order valence-electron chi connectivity index (χ3n) is 4.20. The predicted molar refractivity (Wildman–Crippen MR) is 105 cm³/mol. The molecule has 0 amide bonds. The van der Waals surface area contributed by atoms with Crippen molar-refractivity contribution in [3.05, 3.63) is 77.4 Å². The molecule has 0 saturated heterocycles. The van der Waals surface area contributed by atoms with E-state index < -0.39 is 0 Å². The van der Waals surface area contributed by atoms with E-state index in [2.05, 4.69) is 11.1 Å². The molecule has 0 unspecified atom stereocenters. The van der Waals surface area contributed by atoms with Crippen LogP contribution in [0, 0.1) is 11.3 Å². The molecule has 2 aromatic heterocycles. The molecule has 2 aromatic carbocycles. The monoisotopic (exact) mass is 356 g/mol. The average molecular weight is 357 g/mol. The van der Waals surface area contributed by atoms with E-state index in [9.17, 15) is 5.26 Å². The summed E-state index contributed by atoms with van der Waals surface area (Å²) in [6.45, 7) is 0. The number of benzene rings is 2. The van der Waals surface area contributed by atoms with Crippen LogP contribution in [0.1, 0.15) is 5.56 Å². The van der Waals surface area contributed by atoms with E-state index in [-0.39, 0.29) is 16.5 Å². The van der Waals surface area contributed by atoms with Gasteiger partial charge >= 0.3 is 0 Å². The van der Waals surface area contributed by atoms with Gasteiger partial charge in [-0.25, -0.2) is 9.97 Å². The molecule has 0 atom stereocenters. The highest BCUT2D eigenvalue weighted by atomic mass is 35.5. The predicted octanol–water partition coefficient (Wildman–Crippen LogP) is 5.07. The molecular weight excluding hydrogens is 344 g/mol. The standard InChI is InChI=1S/C21H13ClN4/c22-20-16(12-23)19-18(21(24)26-20)15(13-7-3-1-4-8-13)11-17(25-19)14-9-5-2-6-10-14/h1-11H,(H2,24,26). The number of fused-ring (bicyclic) bond motifs is 1. The van der Waals surface area contributed by atoms with Crippen LogP contribution in [0.3, 0.4) is 0 Å². The highest BCUT2D eigenvalue weighted by molar-refractivity contribution is 6.32. The molecule has 0 saturated carbocycles. The van der Waals surface area contributed by atoms with Crippen LogP contribution in [-0.2, 0) is 0 Å². The minimum Gasteiger partial charge on any atom is -0.383 e. The summed E-state index contributed by atoms with van der Waals surface area (Å²) >= 11 is 6.15. The maximum Gasteiger partial charge on any atom is 0.151 e. The van der Waals surface area contributed by atoms with Crippen LogP contribution >= 0.6 is 11.6 Å². The van der Waals surface area contributed by atoms with E-state index in [0.29, 0.717) is 10.9 Å². The zero-order valence-corrected chi connectivity index (χ0v) is 14.4. The number of nitriles is 1. The second kappa shape index (κ2) is 6.47. The van der Waals surface area contributed by atoms with Crippen LogP contribution in [0.25, 0.3) is 33.3 Å². The summed E-state index contributed by atoms with van der Waals surface area (Å²) < 4.78 is 0. The molecule has 0 aliphatic heterocycles. The Morgan fingerprint density at radius 2 is 1.50 bits per heavy atom. The van der Waals surface area contributed by atoms with E-state index in [0.717, 1.165) is 22.4 Å². The molecule has 0 spiro atoms. The van der Waals surface area contributed by atoms with Crippen molar-refractivity contribution in [3.8, 4) is 28.5 Å². The minimum atomic E-state index is 0.0641. The third-order valence-corrected chi connectivity index (χ3v) is 4.48. The summed E-state index contributed by atoms with van der Waals surface area (Å²) in [5.41, 5.74) is 10.4. The zero-order valence-electron chi connectivity index (χ0n) is 13.6. The molecule has 2 N–H and O–H groups in total. The van der Waals surface area contributed by atoms with Crippen molar-refractivity contribution in [3.63, 3.8) is 0 Å². The van der Waals surface area contributed by atoms with Crippen LogP contribution in [0.5, 0.6) is 0 Å². The normalized spacial score (nSPS) is 10.6. The highest BCUT2D eigenvalue weighted by Crippen LogP contribution is 2.37. The molecule has 0 fully saturated rings. The summed E-state index contributed by atoms with van der Waals surface area (Å²) in [5.74, 6) is 0.259. The van der Waals surface area contributed by atoms with E-state index in [4.69, 9.17) is 22.3 Å². The molecule has 2 heterocycles. The van der Waals surface area contributed by atoms with Gasteiger partial charge in [0, 0.05) is 5.56 Å². The largest absolute Gasteiger partial charge is 0.383 e. The van der Waals surface area contributed by atoms with Crippen LogP contribution in [0.2, 0.25) is 5.15 Å². The fraction of sp³-hybridized carbons (Fsp3) is 0. The number of nitrogen functional groups attached to an aromatic ring is 1. The quantitative estimate of drug-likeness (QED) is 0.509. The van der Waals surface area contributed by atoms with Crippen molar-refractivity contribution >= 4 is 28.3 Å². The molecule has 5 heteroatoms. The van der Waals surface area contributed by atoms with Gasteiger partial charge in [-0.15, -0.1) is 0 Å². The van der Waals surface area contributed by atoms with Crippen molar-refractivity contribution in [1.29, 1.82) is 5.26 Å².